The highest BCUT2D eigenvalue weighted by Gasteiger charge is 2.33. The van der Waals surface area contributed by atoms with Gasteiger partial charge in [0.15, 0.2) is 0 Å². The van der Waals surface area contributed by atoms with Crippen LogP contribution >= 0.6 is 11.6 Å². The van der Waals surface area contributed by atoms with E-state index in [1.165, 1.54) is 18.2 Å². The standard InChI is InChI=1S/C30H25ClF2N6O/c1-30(34)11-12-39(16-30)28(40)17-5-8-20(9-6-17)37-29-36-15-18-14-35-27(25-23(32)3-2-4-24(25)33)22-13-19(31)7-10-21(22)26(18)38-29/h2-10,13,15H,11-12,14,16,34H2,1H3,(H,36,37,38). The third-order valence-electron chi connectivity index (χ3n) is 7.14. The summed E-state index contributed by atoms with van der Waals surface area (Å²) in [5, 5.41) is 3.58. The number of carbonyl (C=O) groups excluding carboxylic acids is 1. The number of fused-ring (bicyclic) bond motifs is 3. The first-order valence-corrected chi connectivity index (χ1v) is 13.2. The number of hydrogen-bond donors (Lipinski definition) is 2. The summed E-state index contributed by atoms with van der Waals surface area (Å²) in [6, 6.07) is 15.9. The normalized spacial score (nSPS) is 18.0. The van der Waals surface area contributed by atoms with E-state index in [0.29, 0.717) is 57.7 Å². The summed E-state index contributed by atoms with van der Waals surface area (Å²) >= 11 is 6.30. The first kappa shape index (κ1) is 26.0. The summed E-state index contributed by atoms with van der Waals surface area (Å²) in [7, 11) is 0. The summed E-state index contributed by atoms with van der Waals surface area (Å²) in [5.41, 5.74) is 9.38. The van der Waals surface area contributed by atoms with Crippen LogP contribution in [-0.4, -0.2) is 45.1 Å². The predicted molar refractivity (Wildman–Crippen MR) is 151 cm³/mol. The molecular weight excluding hydrogens is 534 g/mol. The van der Waals surface area contributed by atoms with Crippen molar-refractivity contribution in [1.29, 1.82) is 0 Å². The van der Waals surface area contributed by atoms with Crippen molar-refractivity contribution in [1.82, 2.24) is 14.9 Å². The summed E-state index contributed by atoms with van der Waals surface area (Å²) in [6.07, 6.45) is 2.41. The Bertz CT molecular complexity index is 1650. The molecule has 1 unspecified atom stereocenters. The molecule has 1 fully saturated rings. The van der Waals surface area contributed by atoms with Gasteiger partial charge in [-0.2, -0.15) is 0 Å². The molecule has 0 radical (unpaired) electrons. The van der Waals surface area contributed by atoms with E-state index in [9.17, 15) is 13.6 Å². The van der Waals surface area contributed by atoms with E-state index in [-0.39, 0.29) is 29.3 Å². The van der Waals surface area contributed by atoms with E-state index >= 15 is 0 Å². The van der Waals surface area contributed by atoms with Crippen molar-refractivity contribution in [3.8, 4) is 11.3 Å². The Morgan fingerprint density at radius 1 is 1.07 bits per heavy atom. The van der Waals surface area contributed by atoms with Crippen LogP contribution in [0.1, 0.15) is 40.4 Å². The lowest BCUT2D eigenvalue weighted by molar-refractivity contribution is 0.0785. The molecule has 1 saturated heterocycles. The smallest absolute Gasteiger partial charge is 0.253 e. The molecule has 3 aromatic carbocycles. The monoisotopic (exact) mass is 558 g/mol. The SMILES string of the molecule is CC1(N)CCN(C(=O)c2ccc(Nc3ncc4c(n3)-c3ccc(Cl)cc3C(c3c(F)cccc3F)=NC4)cc2)C1. The van der Waals surface area contributed by atoms with Gasteiger partial charge in [-0.25, -0.2) is 18.7 Å². The second kappa shape index (κ2) is 10.1. The lowest BCUT2D eigenvalue weighted by Gasteiger charge is -2.20. The van der Waals surface area contributed by atoms with Crippen LogP contribution in [0.15, 0.2) is 71.9 Å². The maximum Gasteiger partial charge on any atom is 0.253 e. The number of rotatable bonds is 4. The molecule has 3 heterocycles. The van der Waals surface area contributed by atoms with Crippen LogP contribution < -0.4 is 11.1 Å². The van der Waals surface area contributed by atoms with Gasteiger partial charge in [-0.1, -0.05) is 23.7 Å². The minimum atomic E-state index is -0.715. The number of nitrogens with two attached hydrogens (primary N) is 1. The highest BCUT2D eigenvalue weighted by molar-refractivity contribution is 6.31. The van der Waals surface area contributed by atoms with Crippen LogP contribution in [0.2, 0.25) is 5.02 Å². The summed E-state index contributed by atoms with van der Waals surface area (Å²) < 4.78 is 29.6. The van der Waals surface area contributed by atoms with Crippen LogP contribution in [0.5, 0.6) is 0 Å². The number of hydrogen-bond acceptors (Lipinski definition) is 6. The summed E-state index contributed by atoms with van der Waals surface area (Å²) in [5.74, 6) is -1.17. The number of amides is 1. The number of halogens is 3. The zero-order valence-electron chi connectivity index (χ0n) is 21.6. The highest BCUT2D eigenvalue weighted by atomic mass is 35.5. The number of benzene rings is 3. The number of nitrogens with one attached hydrogen (secondary N) is 1. The molecular formula is C30H25ClF2N6O. The molecule has 1 atom stereocenters. The molecule has 202 valence electrons. The van der Waals surface area contributed by atoms with Crippen molar-refractivity contribution in [2.24, 2.45) is 10.7 Å². The van der Waals surface area contributed by atoms with Crippen LogP contribution in [-0.2, 0) is 6.54 Å². The summed E-state index contributed by atoms with van der Waals surface area (Å²) in [4.78, 5) is 28.4. The molecule has 3 N–H and O–H groups in total. The largest absolute Gasteiger partial charge is 0.337 e. The van der Waals surface area contributed by atoms with Crippen LogP contribution in [0.3, 0.4) is 0 Å². The minimum absolute atomic E-state index is 0.0561. The average Bonchev–Trinajstić information content (AvgIpc) is 3.22. The molecule has 10 heteroatoms. The first-order chi connectivity index (χ1) is 19.2. The van der Waals surface area contributed by atoms with E-state index in [4.69, 9.17) is 22.3 Å². The van der Waals surface area contributed by atoms with Crippen molar-refractivity contribution in [3.05, 3.63) is 106 Å². The van der Waals surface area contributed by atoms with E-state index < -0.39 is 11.6 Å². The molecule has 0 bridgehead atoms. The third kappa shape index (κ3) is 4.94. The fourth-order valence-corrected chi connectivity index (χ4v) is 5.26. The molecule has 6 rings (SSSR count). The van der Waals surface area contributed by atoms with Gasteiger partial charge in [0.05, 0.1) is 23.5 Å². The number of carbonyl (C=O) groups is 1. The molecule has 40 heavy (non-hydrogen) atoms. The van der Waals surface area contributed by atoms with Gasteiger partial charge in [-0.05, 0) is 61.9 Å². The van der Waals surface area contributed by atoms with E-state index in [1.807, 2.05) is 6.92 Å². The fourth-order valence-electron chi connectivity index (χ4n) is 5.09. The predicted octanol–water partition coefficient (Wildman–Crippen LogP) is 5.73. The fraction of sp³-hybridized carbons (Fsp3) is 0.200. The molecule has 4 aromatic rings. The van der Waals surface area contributed by atoms with E-state index in [1.54, 1.807) is 53.6 Å². The molecule has 0 spiro atoms. The van der Waals surface area contributed by atoms with Crippen molar-refractivity contribution >= 4 is 34.9 Å². The number of likely N-dealkylation sites (tertiary alicyclic amines) is 1. The Morgan fingerprint density at radius 3 is 2.52 bits per heavy atom. The maximum absolute atomic E-state index is 14.8. The quantitative estimate of drug-likeness (QED) is 0.333. The second-order valence-electron chi connectivity index (χ2n) is 10.4. The average molecular weight is 559 g/mol. The lowest BCUT2D eigenvalue weighted by atomic mass is 9.95. The van der Waals surface area contributed by atoms with Crippen LogP contribution in [0, 0.1) is 11.6 Å². The Morgan fingerprint density at radius 2 is 1.82 bits per heavy atom. The van der Waals surface area contributed by atoms with Gasteiger partial charge in [0.25, 0.3) is 5.91 Å². The number of aliphatic imine (C=N–C) groups is 1. The van der Waals surface area contributed by atoms with E-state index in [2.05, 4.69) is 15.3 Å². The number of aromatic nitrogens is 2. The van der Waals surface area contributed by atoms with Crippen molar-refractivity contribution in [3.63, 3.8) is 0 Å². The molecule has 0 saturated carbocycles. The van der Waals surface area contributed by atoms with Gasteiger partial charge in [0.1, 0.15) is 11.6 Å². The lowest BCUT2D eigenvalue weighted by Crippen LogP contribution is -2.40. The molecule has 1 amide bonds. The Balaban J connectivity index is 1.30. The van der Waals surface area contributed by atoms with Crippen LogP contribution in [0.4, 0.5) is 20.4 Å². The molecule has 2 aliphatic heterocycles. The molecule has 1 aromatic heterocycles. The number of nitrogens with zero attached hydrogens (tertiary/aromatic N) is 4. The number of anilines is 2. The third-order valence-corrected chi connectivity index (χ3v) is 7.38. The van der Waals surface area contributed by atoms with Gasteiger partial charge in [0.2, 0.25) is 5.95 Å². The first-order valence-electron chi connectivity index (χ1n) is 12.8. The van der Waals surface area contributed by atoms with Crippen molar-refractivity contribution < 1.29 is 13.6 Å². The minimum Gasteiger partial charge on any atom is -0.337 e. The van der Waals surface area contributed by atoms with E-state index in [0.717, 1.165) is 6.42 Å². The zero-order valence-corrected chi connectivity index (χ0v) is 22.3. The topological polar surface area (TPSA) is 96.5 Å². The molecule has 0 aliphatic carbocycles. The Hall–Kier alpha value is -4.21. The Labute approximate surface area is 234 Å². The zero-order chi connectivity index (χ0) is 28.0. The van der Waals surface area contributed by atoms with Gasteiger partial charge >= 0.3 is 0 Å². The molecule has 7 nitrogen and oxygen atoms in total. The van der Waals surface area contributed by atoms with Gasteiger partial charge in [-0.3, -0.25) is 9.79 Å². The van der Waals surface area contributed by atoms with Crippen LogP contribution in [0.25, 0.3) is 11.3 Å². The van der Waals surface area contributed by atoms with Gasteiger partial charge in [-0.15, -0.1) is 0 Å². The Kier molecular flexibility index (Phi) is 6.56. The second-order valence-corrected chi connectivity index (χ2v) is 10.8. The van der Waals surface area contributed by atoms with Gasteiger partial charge < -0.3 is 16.0 Å². The van der Waals surface area contributed by atoms with Gasteiger partial charge in [0, 0.05) is 57.8 Å². The summed E-state index contributed by atoms with van der Waals surface area (Å²) in [6.45, 7) is 3.24. The van der Waals surface area contributed by atoms with Crippen molar-refractivity contribution in [2.45, 2.75) is 25.4 Å². The highest BCUT2D eigenvalue weighted by Crippen LogP contribution is 2.35. The van der Waals surface area contributed by atoms with Crippen molar-refractivity contribution in [2.75, 3.05) is 18.4 Å². The maximum atomic E-state index is 14.8. The molecule has 2 aliphatic rings.